The van der Waals surface area contributed by atoms with E-state index in [9.17, 15) is 19.0 Å². The first-order valence-electron chi connectivity index (χ1n) is 21.8. The molecular formula is C45H80NO8P. The van der Waals surface area contributed by atoms with Crippen LogP contribution in [0.25, 0.3) is 0 Å². The standard InChI is InChI=1S/C45H80NO8P/c1-3-5-7-9-11-13-15-17-18-19-20-21-22-23-24-26-27-29-31-33-35-37-44(47)51-41-43(42-53-55(49,50)52-40-39-46)54-45(48)38-36-34-32-30-28-25-16-14-12-10-8-6-4-2/h6,8,12,14-15,17,19-20,25,28,43H,3-5,7,9-11,13,16,18,21-24,26-27,29-42,46H2,1-2H3,(H,49,50)/b8-6-,14-12-,17-15-,20-19-,28-25-. The normalized spacial score (nSPS) is 13.9. The largest absolute Gasteiger partial charge is 0.472 e. The van der Waals surface area contributed by atoms with Gasteiger partial charge in [-0.2, -0.15) is 0 Å². The van der Waals surface area contributed by atoms with Gasteiger partial charge in [-0.25, -0.2) is 4.57 Å². The van der Waals surface area contributed by atoms with E-state index in [1.807, 2.05) is 0 Å². The molecule has 3 N–H and O–H groups in total. The summed E-state index contributed by atoms with van der Waals surface area (Å²) in [5, 5.41) is 0. The molecule has 2 atom stereocenters. The van der Waals surface area contributed by atoms with Crippen LogP contribution in [0.2, 0.25) is 0 Å². The summed E-state index contributed by atoms with van der Waals surface area (Å²) in [7, 11) is -4.39. The summed E-state index contributed by atoms with van der Waals surface area (Å²) in [6.07, 6.45) is 48.3. The highest BCUT2D eigenvalue weighted by molar-refractivity contribution is 7.47. The number of ether oxygens (including phenoxy) is 2. The molecule has 2 unspecified atom stereocenters. The number of unbranched alkanes of at least 4 members (excludes halogenated alkanes) is 17. The third kappa shape index (κ3) is 41.2. The number of carbonyl (C=O) groups excluding carboxylic acids is 2. The van der Waals surface area contributed by atoms with E-state index in [0.29, 0.717) is 6.42 Å². The molecule has 0 spiro atoms. The molecule has 10 heteroatoms. The summed E-state index contributed by atoms with van der Waals surface area (Å²) in [5.74, 6) is -0.871. The highest BCUT2D eigenvalue weighted by Crippen LogP contribution is 2.43. The fourth-order valence-electron chi connectivity index (χ4n) is 5.68. The quantitative estimate of drug-likeness (QED) is 0.0269. The van der Waals surface area contributed by atoms with Crippen LogP contribution in [-0.4, -0.2) is 49.3 Å². The topological polar surface area (TPSA) is 134 Å². The van der Waals surface area contributed by atoms with E-state index in [2.05, 4.69) is 74.6 Å². The first-order chi connectivity index (χ1) is 26.8. The minimum atomic E-state index is -4.39. The van der Waals surface area contributed by atoms with Gasteiger partial charge in [0.05, 0.1) is 13.2 Å². The average molecular weight is 794 g/mol. The summed E-state index contributed by atoms with van der Waals surface area (Å²) in [6, 6.07) is 0. The Morgan fingerprint density at radius 2 is 1.00 bits per heavy atom. The fraction of sp³-hybridized carbons (Fsp3) is 0.733. The van der Waals surface area contributed by atoms with Crippen molar-refractivity contribution < 1.29 is 37.6 Å². The highest BCUT2D eigenvalue weighted by atomic mass is 31.2. The van der Waals surface area contributed by atoms with Gasteiger partial charge in [-0.15, -0.1) is 0 Å². The van der Waals surface area contributed by atoms with Crippen molar-refractivity contribution in [3.63, 3.8) is 0 Å². The average Bonchev–Trinajstić information content (AvgIpc) is 3.17. The van der Waals surface area contributed by atoms with Crippen molar-refractivity contribution in [1.29, 1.82) is 0 Å². The number of carbonyl (C=O) groups is 2. The molecule has 0 aromatic heterocycles. The van der Waals surface area contributed by atoms with E-state index >= 15 is 0 Å². The molecule has 55 heavy (non-hydrogen) atoms. The summed E-state index contributed by atoms with van der Waals surface area (Å²) < 4.78 is 32.7. The zero-order chi connectivity index (χ0) is 40.3. The Kier molecular flexibility index (Phi) is 39.6. The lowest BCUT2D eigenvalue weighted by molar-refractivity contribution is -0.161. The van der Waals surface area contributed by atoms with Gasteiger partial charge in [0.1, 0.15) is 6.61 Å². The summed E-state index contributed by atoms with van der Waals surface area (Å²) >= 11 is 0. The van der Waals surface area contributed by atoms with Crippen molar-refractivity contribution >= 4 is 19.8 Å². The molecule has 0 saturated heterocycles. The van der Waals surface area contributed by atoms with Crippen LogP contribution in [0.3, 0.4) is 0 Å². The predicted octanol–water partition coefficient (Wildman–Crippen LogP) is 12.5. The van der Waals surface area contributed by atoms with Crippen LogP contribution in [0.5, 0.6) is 0 Å². The Morgan fingerprint density at radius 3 is 1.51 bits per heavy atom. The second-order valence-corrected chi connectivity index (χ2v) is 15.6. The number of hydrogen-bond acceptors (Lipinski definition) is 8. The molecule has 0 rings (SSSR count). The first kappa shape index (κ1) is 52.7. The molecule has 0 aliphatic carbocycles. The molecular weight excluding hydrogens is 713 g/mol. The summed E-state index contributed by atoms with van der Waals surface area (Å²) in [6.45, 7) is 3.56. The van der Waals surface area contributed by atoms with Gasteiger partial charge in [0.15, 0.2) is 6.10 Å². The lowest BCUT2D eigenvalue weighted by Crippen LogP contribution is -2.29. The van der Waals surface area contributed by atoms with Crippen LogP contribution in [-0.2, 0) is 32.7 Å². The van der Waals surface area contributed by atoms with Gasteiger partial charge in [-0.05, 0) is 77.0 Å². The molecule has 0 saturated carbocycles. The number of nitrogens with two attached hydrogens (primary N) is 1. The molecule has 0 aromatic rings. The first-order valence-corrected chi connectivity index (χ1v) is 23.3. The number of rotatable bonds is 40. The molecule has 0 aromatic carbocycles. The minimum Gasteiger partial charge on any atom is -0.462 e. The second kappa shape index (κ2) is 41.3. The van der Waals surface area contributed by atoms with Crippen LogP contribution >= 0.6 is 7.82 Å². The maximum absolute atomic E-state index is 12.5. The number of esters is 2. The Balaban J connectivity index is 4.14. The Labute approximate surface area is 336 Å². The lowest BCUT2D eigenvalue weighted by Gasteiger charge is -2.19. The van der Waals surface area contributed by atoms with E-state index in [1.54, 1.807) is 0 Å². The van der Waals surface area contributed by atoms with Crippen molar-refractivity contribution in [3.8, 4) is 0 Å². The molecule has 318 valence electrons. The summed E-state index contributed by atoms with van der Waals surface area (Å²) in [5.41, 5.74) is 5.34. The molecule has 0 aliphatic rings. The van der Waals surface area contributed by atoms with Crippen LogP contribution < -0.4 is 5.73 Å². The van der Waals surface area contributed by atoms with E-state index in [1.165, 1.54) is 70.6 Å². The smallest absolute Gasteiger partial charge is 0.462 e. The molecule has 0 radical (unpaired) electrons. The Hall–Kier alpha value is -2.29. The van der Waals surface area contributed by atoms with Crippen LogP contribution in [0.15, 0.2) is 60.8 Å². The van der Waals surface area contributed by atoms with Gasteiger partial charge in [0.2, 0.25) is 0 Å². The van der Waals surface area contributed by atoms with Crippen LogP contribution in [0, 0.1) is 0 Å². The van der Waals surface area contributed by atoms with Crippen molar-refractivity contribution in [2.75, 3.05) is 26.4 Å². The lowest BCUT2D eigenvalue weighted by atomic mass is 10.1. The molecule has 0 aliphatic heterocycles. The van der Waals surface area contributed by atoms with E-state index in [4.69, 9.17) is 24.3 Å². The number of phosphoric ester groups is 1. The SMILES string of the molecule is CC/C=C\C/C=C\C/C=C\CCCCCC(=O)OC(COC(=O)CCCCCCCCCCC/C=C\C/C=C\CCCCCCC)COP(=O)(O)OCCN. The third-order valence-corrected chi connectivity index (χ3v) is 9.87. The van der Waals surface area contributed by atoms with Gasteiger partial charge < -0.3 is 20.1 Å². The predicted molar refractivity (Wildman–Crippen MR) is 229 cm³/mol. The molecule has 0 heterocycles. The van der Waals surface area contributed by atoms with Crippen molar-refractivity contribution in [2.24, 2.45) is 5.73 Å². The van der Waals surface area contributed by atoms with Gasteiger partial charge >= 0.3 is 19.8 Å². The molecule has 9 nitrogen and oxygen atoms in total. The van der Waals surface area contributed by atoms with Gasteiger partial charge in [0.25, 0.3) is 0 Å². The van der Waals surface area contributed by atoms with Crippen molar-refractivity contribution in [1.82, 2.24) is 0 Å². The Morgan fingerprint density at radius 1 is 0.564 bits per heavy atom. The van der Waals surface area contributed by atoms with Crippen molar-refractivity contribution in [2.45, 2.75) is 187 Å². The maximum atomic E-state index is 12.5. The number of allylic oxidation sites excluding steroid dienone is 10. The highest BCUT2D eigenvalue weighted by Gasteiger charge is 2.26. The van der Waals surface area contributed by atoms with Gasteiger partial charge in [-0.3, -0.25) is 18.6 Å². The molecule has 0 amide bonds. The number of hydrogen-bond donors (Lipinski definition) is 2. The van der Waals surface area contributed by atoms with Crippen LogP contribution in [0.1, 0.15) is 181 Å². The number of phosphoric acid groups is 1. The molecule has 0 bridgehead atoms. The zero-order valence-electron chi connectivity index (χ0n) is 34.9. The van der Waals surface area contributed by atoms with Gasteiger partial charge in [0, 0.05) is 19.4 Å². The van der Waals surface area contributed by atoms with E-state index in [0.717, 1.165) is 77.0 Å². The Bertz CT molecular complexity index is 1090. The second-order valence-electron chi connectivity index (χ2n) is 14.2. The fourth-order valence-corrected chi connectivity index (χ4v) is 6.44. The zero-order valence-corrected chi connectivity index (χ0v) is 35.8. The van der Waals surface area contributed by atoms with Crippen LogP contribution in [0.4, 0.5) is 0 Å². The van der Waals surface area contributed by atoms with E-state index in [-0.39, 0.29) is 32.6 Å². The van der Waals surface area contributed by atoms with Crippen molar-refractivity contribution in [3.05, 3.63) is 60.8 Å². The van der Waals surface area contributed by atoms with Gasteiger partial charge in [-0.1, -0.05) is 152 Å². The monoisotopic (exact) mass is 794 g/mol. The minimum absolute atomic E-state index is 0.0453. The maximum Gasteiger partial charge on any atom is 0.472 e. The van der Waals surface area contributed by atoms with E-state index < -0.39 is 32.5 Å². The molecule has 0 fully saturated rings. The summed E-state index contributed by atoms with van der Waals surface area (Å²) in [4.78, 5) is 34.8. The third-order valence-electron chi connectivity index (χ3n) is 8.89.